The number of benzene rings is 1. The van der Waals surface area contributed by atoms with E-state index in [9.17, 15) is 4.79 Å². The third-order valence-electron chi connectivity index (χ3n) is 2.53. The van der Waals surface area contributed by atoms with E-state index >= 15 is 0 Å². The summed E-state index contributed by atoms with van der Waals surface area (Å²) in [6.07, 6.45) is 0.940. The third kappa shape index (κ3) is 5.05. The summed E-state index contributed by atoms with van der Waals surface area (Å²) in [5, 5.41) is 17.2. The molecule has 1 aromatic carbocycles. The van der Waals surface area contributed by atoms with Gasteiger partial charge in [-0.15, -0.1) is 0 Å². The van der Waals surface area contributed by atoms with Gasteiger partial charge in [-0.2, -0.15) is 0 Å². The van der Waals surface area contributed by atoms with Gasteiger partial charge in [-0.3, -0.25) is 0 Å². The lowest BCUT2D eigenvalue weighted by molar-refractivity contribution is 0.248. The number of amidine groups is 1. The molecule has 0 aromatic heterocycles. The normalized spacial score (nSPS) is 12.8. The first kappa shape index (κ1) is 15.1. The maximum atomic E-state index is 11.8. The number of carbonyl (C=O) groups excluding carboxylic acids is 1. The summed E-state index contributed by atoms with van der Waals surface area (Å²) >= 11 is 5.93. The van der Waals surface area contributed by atoms with Gasteiger partial charge in [-0.1, -0.05) is 35.8 Å². The second-order valence-corrected chi connectivity index (χ2v) is 4.39. The molecule has 7 heteroatoms. The minimum atomic E-state index is -0.384. The summed E-state index contributed by atoms with van der Waals surface area (Å²) < 4.78 is 0. The fraction of sp³-hybridized carbons (Fsp3) is 0.333. The molecule has 0 heterocycles. The lowest BCUT2D eigenvalue weighted by Gasteiger charge is -2.17. The average molecular weight is 285 g/mol. The van der Waals surface area contributed by atoms with Crippen molar-refractivity contribution in [1.29, 1.82) is 0 Å². The molecule has 1 unspecified atom stereocenters. The number of oxime groups is 1. The minimum Gasteiger partial charge on any atom is -0.409 e. The molecule has 2 amide bonds. The van der Waals surface area contributed by atoms with Gasteiger partial charge in [-0.25, -0.2) is 4.79 Å². The topological polar surface area (TPSA) is 99.7 Å². The summed E-state index contributed by atoms with van der Waals surface area (Å²) in [7, 11) is 0. The van der Waals surface area contributed by atoms with E-state index in [-0.39, 0.29) is 24.3 Å². The molecule has 0 fully saturated rings. The van der Waals surface area contributed by atoms with E-state index < -0.39 is 0 Å². The number of hydrogen-bond donors (Lipinski definition) is 4. The van der Waals surface area contributed by atoms with Crippen LogP contribution in [0.3, 0.4) is 0 Å². The number of urea groups is 1. The van der Waals surface area contributed by atoms with Crippen LogP contribution in [0.1, 0.15) is 19.8 Å². The molecule has 104 valence electrons. The highest BCUT2D eigenvalue weighted by Crippen LogP contribution is 2.20. The first-order valence-corrected chi connectivity index (χ1v) is 6.23. The molecule has 0 aliphatic rings. The quantitative estimate of drug-likeness (QED) is 0.289. The first-order valence-electron chi connectivity index (χ1n) is 5.85. The van der Waals surface area contributed by atoms with Crippen LogP contribution in [-0.4, -0.2) is 23.1 Å². The number of rotatable bonds is 5. The van der Waals surface area contributed by atoms with E-state index in [0.29, 0.717) is 17.1 Å². The van der Waals surface area contributed by atoms with Crippen LogP contribution >= 0.6 is 11.6 Å². The summed E-state index contributed by atoms with van der Waals surface area (Å²) in [5.41, 5.74) is 5.94. The Morgan fingerprint density at radius 1 is 1.53 bits per heavy atom. The molecule has 5 N–H and O–H groups in total. The van der Waals surface area contributed by atoms with Crippen LogP contribution in [0, 0.1) is 0 Å². The number of para-hydroxylation sites is 1. The first-order chi connectivity index (χ1) is 9.06. The lowest BCUT2D eigenvalue weighted by Crippen LogP contribution is -2.40. The van der Waals surface area contributed by atoms with E-state index in [1.54, 1.807) is 24.3 Å². The van der Waals surface area contributed by atoms with Crippen LogP contribution in [0.5, 0.6) is 0 Å². The predicted octanol–water partition coefficient (Wildman–Crippen LogP) is 2.38. The van der Waals surface area contributed by atoms with Gasteiger partial charge in [0.25, 0.3) is 0 Å². The predicted molar refractivity (Wildman–Crippen MR) is 75.7 cm³/mol. The van der Waals surface area contributed by atoms with E-state index in [0.717, 1.165) is 0 Å². The molecule has 0 saturated carbocycles. The van der Waals surface area contributed by atoms with Crippen molar-refractivity contribution in [2.45, 2.75) is 25.8 Å². The van der Waals surface area contributed by atoms with E-state index in [1.165, 1.54) is 0 Å². The molecule has 0 spiro atoms. The highest BCUT2D eigenvalue weighted by atomic mass is 35.5. The second-order valence-electron chi connectivity index (χ2n) is 3.98. The number of anilines is 1. The lowest BCUT2D eigenvalue weighted by atomic mass is 10.1. The molecule has 0 saturated heterocycles. The van der Waals surface area contributed by atoms with Crippen molar-refractivity contribution in [1.82, 2.24) is 5.32 Å². The monoisotopic (exact) mass is 284 g/mol. The van der Waals surface area contributed by atoms with E-state index in [1.807, 2.05) is 6.92 Å². The van der Waals surface area contributed by atoms with Gasteiger partial charge < -0.3 is 21.6 Å². The molecule has 0 aliphatic heterocycles. The van der Waals surface area contributed by atoms with E-state index in [2.05, 4.69) is 15.8 Å². The smallest absolute Gasteiger partial charge is 0.319 e. The maximum Gasteiger partial charge on any atom is 0.319 e. The molecule has 1 atom stereocenters. The minimum absolute atomic E-state index is 0.0740. The Balaban J connectivity index is 2.57. The van der Waals surface area contributed by atoms with Gasteiger partial charge in [0.05, 0.1) is 10.7 Å². The molecule has 6 nitrogen and oxygen atoms in total. The van der Waals surface area contributed by atoms with Crippen LogP contribution < -0.4 is 16.4 Å². The number of nitrogens with zero attached hydrogens (tertiary/aromatic N) is 1. The van der Waals surface area contributed by atoms with Crippen LogP contribution in [0.15, 0.2) is 29.4 Å². The van der Waals surface area contributed by atoms with Crippen molar-refractivity contribution >= 4 is 29.2 Å². The number of amides is 2. The van der Waals surface area contributed by atoms with Gasteiger partial charge >= 0.3 is 6.03 Å². The average Bonchev–Trinajstić information content (AvgIpc) is 2.40. The Morgan fingerprint density at radius 3 is 2.79 bits per heavy atom. The Kier molecular flexibility index (Phi) is 5.95. The summed E-state index contributed by atoms with van der Waals surface area (Å²) in [5.74, 6) is 0.0740. The highest BCUT2D eigenvalue weighted by molar-refractivity contribution is 6.33. The van der Waals surface area contributed by atoms with Gasteiger partial charge in [0.2, 0.25) is 0 Å². The van der Waals surface area contributed by atoms with Crippen LogP contribution in [0.4, 0.5) is 10.5 Å². The Morgan fingerprint density at radius 2 is 2.21 bits per heavy atom. The molecule has 1 rings (SSSR count). The van der Waals surface area contributed by atoms with Crippen LogP contribution in [-0.2, 0) is 0 Å². The largest absolute Gasteiger partial charge is 0.409 e. The van der Waals surface area contributed by atoms with Crippen molar-refractivity contribution in [3.63, 3.8) is 0 Å². The number of carbonyl (C=O) groups is 1. The van der Waals surface area contributed by atoms with Crippen molar-refractivity contribution < 1.29 is 10.0 Å². The molecular weight excluding hydrogens is 268 g/mol. The van der Waals surface area contributed by atoms with E-state index in [4.69, 9.17) is 22.5 Å². The SMILES string of the molecule is CCC(CC(N)=NO)NC(=O)Nc1ccccc1Cl. The van der Waals surface area contributed by atoms with Crippen molar-refractivity contribution in [2.24, 2.45) is 10.9 Å². The van der Waals surface area contributed by atoms with Gasteiger partial charge in [-0.05, 0) is 18.6 Å². The van der Waals surface area contributed by atoms with Crippen molar-refractivity contribution in [3.05, 3.63) is 29.3 Å². The van der Waals surface area contributed by atoms with Gasteiger partial charge in [0, 0.05) is 12.5 Å². The van der Waals surface area contributed by atoms with Crippen LogP contribution in [0.25, 0.3) is 0 Å². The molecule has 0 radical (unpaired) electrons. The standard InChI is InChI=1S/C12H17ClN4O2/c1-2-8(7-11(14)17-19)15-12(18)16-10-6-4-3-5-9(10)13/h3-6,8,19H,2,7H2,1H3,(H2,14,17)(H2,15,16,18). The van der Waals surface area contributed by atoms with Crippen molar-refractivity contribution in [2.75, 3.05) is 5.32 Å². The second kappa shape index (κ2) is 7.48. The zero-order chi connectivity index (χ0) is 14.3. The summed E-state index contributed by atoms with van der Waals surface area (Å²) in [6.45, 7) is 1.89. The molecule has 0 aliphatic carbocycles. The molecule has 0 bridgehead atoms. The Labute approximate surface area is 116 Å². The number of hydrogen-bond acceptors (Lipinski definition) is 3. The van der Waals surface area contributed by atoms with Crippen molar-refractivity contribution in [3.8, 4) is 0 Å². The number of nitrogens with one attached hydrogen (secondary N) is 2. The molecule has 1 aromatic rings. The Hall–Kier alpha value is -1.95. The fourth-order valence-corrected chi connectivity index (χ4v) is 1.68. The summed E-state index contributed by atoms with van der Waals surface area (Å²) in [6, 6.07) is 6.34. The highest BCUT2D eigenvalue weighted by Gasteiger charge is 2.13. The summed E-state index contributed by atoms with van der Waals surface area (Å²) in [4.78, 5) is 11.8. The molecular formula is C12H17ClN4O2. The van der Waals surface area contributed by atoms with Gasteiger partial charge in [0.15, 0.2) is 0 Å². The Bertz CT molecular complexity index is 465. The number of halogens is 1. The zero-order valence-electron chi connectivity index (χ0n) is 10.6. The third-order valence-corrected chi connectivity index (χ3v) is 2.86. The molecule has 19 heavy (non-hydrogen) atoms. The zero-order valence-corrected chi connectivity index (χ0v) is 11.3. The fourth-order valence-electron chi connectivity index (χ4n) is 1.50. The van der Waals surface area contributed by atoms with Gasteiger partial charge in [0.1, 0.15) is 5.84 Å². The number of nitrogens with two attached hydrogens (primary N) is 1. The maximum absolute atomic E-state index is 11.8. The van der Waals surface area contributed by atoms with Crippen LogP contribution in [0.2, 0.25) is 5.02 Å².